The number of hydrogen-bond donors (Lipinski definition) is 3. The lowest BCUT2D eigenvalue weighted by atomic mass is 9.88. The Labute approximate surface area is 212 Å². The molecule has 3 atom stereocenters. The zero-order chi connectivity index (χ0) is 26.7. The van der Waals surface area contributed by atoms with Crippen LogP contribution in [0.4, 0.5) is 0 Å². The van der Waals surface area contributed by atoms with E-state index in [1.165, 1.54) is 6.92 Å². The highest BCUT2D eigenvalue weighted by atomic mass is 16.6. The van der Waals surface area contributed by atoms with Crippen molar-refractivity contribution in [2.75, 3.05) is 0 Å². The predicted molar refractivity (Wildman–Crippen MR) is 131 cm³/mol. The number of aliphatic hydroxyl groups is 2. The topological polar surface area (TPSA) is 147 Å². The summed E-state index contributed by atoms with van der Waals surface area (Å²) < 4.78 is 4.64. The maximum Gasteiger partial charge on any atom is 0.344 e. The summed E-state index contributed by atoms with van der Waals surface area (Å²) in [5.74, 6) is -2.25. The van der Waals surface area contributed by atoms with Crippen molar-refractivity contribution in [3.63, 3.8) is 0 Å². The van der Waals surface area contributed by atoms with Crippen molar-refractivity contribution in [1.29, 1.82) is 0 Å². The molecule has 200 valence electrons. The molecule has 0 aliphatic carbocycles. The molecule has 0 radical (unpaired) electrons. The Bertz CT molecular complexity index is 874. The van der Waals surface area contributed by atoms with Crippen LogP contribution in [0, 0.1) is 11.8 Å². The molecule has 2 rings (SSSR count). The molecule has 9 nitrogen and oxygen atoms in total. The maximum absolute atomic E-state index is 12.4. The number of amides is 2. The maximum atomic E-state index is 12.4. The van der Waals surface area contributed by atoms with E-state index >= 15 is 0 Å². The van der Waals surface area contributed by atoms with Gasteiger partial charge in [-0.15, -0.1) is 0 Å². The largest absolute Gasteiger partial charge is 0.428 e. The Morgan fingerprint density at radius 1 is 1.06 bits per heavy atom. The van der Waals surface area contributed by atoms with Gasteiger partial charge in [-0.2, -0.15) is 0 Å². The number of Topliss-reactive ketones (excluding diaryl/α,β-unsaturated/α-hetero) is 2. The Hall–Kier alpha value is -2.65. The predicted octanol–water partition coefficient (Wildman–Crippen LogP) is 2.82. The molecule has 0 bridgehead atoms. The highest BCUT2D eigenvalue weighted by Gasteiger charge is 2.33. The van der Waals surface area contributed by atoms with Crippen LogP contribution in [0.1, 0.15) is 90.9 Å². The van der Waals surface area contributed by atoms with Crippen LogP contribution >= 0.6 is 0 Å². The van der Waals surface area contributed by atoms with E-state index in [-0.39, 0.29) is 78.5 Å². The van der Waals surface area contributed by atoms with Crippen molar-refractivity contribution in [3.8, 4) is 0 Å². The fourth-order valence-electron chi connectivity index (χ4n) is 4.56. The van der Waals surface area contributed by atoms with E-state index in [1.54, 1.807) is 6.92 Å². The summed E-state index contributed by atoms with van der Waals surface area (Å²) in [6.45, 7) is 3.33. The molecule has 1 fully saturated rings. The van der Waals surface area contributed by atoms with E-state index in [9.17, 15) is 34.2 Å². The lowest BCUT2D eigenvalue weighted by Gasteiger charge is -2.23. The van der Waals surface area contributed by atoms with Crippen LogP contribution in [0.2, 0.25) is 0 Å². The summed E-state index contributed by atoms with van der Waals surface area (Å²) in [7, 11) is 0. The molecule has 0 aromatic heterocycles. The Kier molecular flexibility index (Phi) is 12.2. The van der Waals surface area contributed by atoms with Gasteiger partial charge in [0, 0.05) is 37.2 Å². The lowest BCUT2D eigenvalue weighted by Crippen LogP contribution is -2.39. The summed E-state index contributed by atoms with van der Waals surface area (Å²) in [4.78, 5) is 59.0. The molecule has 2 aliphatic heterocycles. The summed E-state index contributed by atoms with van der Waals surface area (Å²) >= 11 is 0. The standard InChI is InChI=1S/C27H39NO8/c1-17(22(31)16-20(29)13-19-14-23(32)28-24(33)15-19)11-9-7-5-3-4-6-8-10-12-21(30)25-18(2)26(34)36-27(25)35/h9,11,17,19-20,26,29,34H,3-8,10,12-16H2,1-2H3,(H,28,32,33). The molecule has 9 heteroatoms. The number of esters is 1. The Balaban J connectivity index is 1.51. The highest BCUT2D eigenvalue weighted by Crippen LogP contribution is 2.24. The van der Waals surface area contributed by atoms with E-state index in [0.29, 0.717) is 6.42 Å². The van der Waals surface area contributed by atoms with E-state index in [2.05, 4.69) is 10.1 Å². The van der Waals surface area contributed by atoms with Crippen molar-refractivity contribution in [1.82, 2.24) is 5.32 Å². The molecule has 2 heterocycles. The summed E-state index contributed by atoms with van der Waals surface area (Å²) in [5, 5.41) is 21.9. The lowest BCUT2D eigenvalue weighted by molar-refractivity contribution is -0.152. The van der Waals surface area contributed by atoms with Gasteiger partial charge in [-0.3, -0.25) is 24.5 Å². The van der Waals surface area contributed by atoms with Crippen LogP contribution in [-0.4, -0.2) is 52.0 Å². The average Bonchev–Trinajstić information content (AvgIpc) is 3.04. The molecule has 3 unspecified atom stereocenters. The minimum atomic E-state index is -1.30. The number of cyclic esters (lactones) is 1. The van der Waals surface area contributed by atoms with Gasteiger partial charge < -0.3 is 14.9 Å². The third kappa shape index (κ3) is 9.78. The molecule has 0 aromatic rings. The van der Waals surface area contributed by atoms with Gasteiger partial charge in [-0.25, -0.2) is 4.79 Å². The molecule has 36 heavy (non-hydrogen) atoms. The SMILES string of the molecule is CC1=C(C(=O)CCCCCCCCC=CC(C)C(=O)CC(O)CC2CC(=O)NC(=O)C2)C(=O)OC1O. The number of carbonyl (C=O) groups is 5. The molecule has 1 saturated heterocycles. The number of ketones is 2. The van der Waals surface area contributed by atoms with Crippen molar-refractivity contribution >= 4 is 29.4 Å². The second-order valence-corrected chi connectivity index (χ2v) is 9.92. The van der Waals surface area contributed by atoms with E-state index in [4.69, 9.17) is 0 Å². The molecular weight excluding hydrogens is 466 g/mol. The first-order valence-corrected chi connectivity index (χ1v) is 12.9. The van der Waals surface area contributed by atoms with Gasteiger partial charge in [0.25, 0.3) is 0 Å². The van der Waals surface area contributed by atoms with Gasteiger partial charge in [-0.05, 0) is 38.5 Å². The monoisotopic (exact) mass is 505 g/mol. The molecule has 3 N–H and O–H groups in total. The van der Waals surface area contributed by atoms with Crippen molar-refractivity contribution < 1.29 is 38.9 Å². The van der Waals surface area contributed by atoms with Gasteiger partial charge in [-0.1, -0.05) is 44.8 Å². The second kappa shape index (κ2) is 14.8. The molecule has 0 saturated carbocycles. The smallest absolute Gasteiger partial charge is 0.344 e. The first kappa shape index (κ1) is 29.6. The summed E-state index contributed by atoms with van der Waals surface area (Å²) in [5.41, 5.74) is 0.282. The molecule has 2 aliphatic rings. The van der Waals surface area contributed by atoms with Gasteiger partial charge in [0.1, 0.15) is 11.4 Å². The molecule has 0 aromatic carbocycles. The van der Waals surface area contributed by atoms with Gasteiger partial charge in [0.05, 0.1) is 6.10 Å². The number of piperidine rings is 1. The first-order chi connectivity index (χ1) is 17.1. The number of allylic oxidation sites excluding steroid dienone is 2. The number of aliphatic hydroxyl groups excluding tert-OH is 2. The summed E-state index contributed by atoms with van der Waals surface area (Å²) in [6.07, 6.45) is 9.13. The minimum Gasteiger partial charge on any atom is -0.428 e. The number of unbranched alkanes of at least 4 members (excludes halogenated alkanes) is 6. The highest BCUT2D eigenvalue weighted by molar-refractivity contribution is 6.19. The second-order valence-electron chi connectivity index (χ2n) is 9.92. The van der Waals surface area contributed by atoms with Crippen molar-refractivity contribution in [2.45, 2.75) is 103 Å². The normalized spacial score (nSPS) is 20.6. The number of carbonyl (C=O) groups excluding carboxylic acids is 5. The first-order valence-electron chi connectivity index (χ1n) is 12.9. The number of ether oxygens (including phenoxy) is 1. The van der Waals surface area contributed by atoms with Crippen LogP contribution in [0.15, 0.2) is 23.3 Å². The molecule has 2 amide bonds. The number of hydrogen-bond acceptors (Lipinski definition) is 8. The minimum absolute atomic E-state index is 0.00810. The average molecular weight is 506 g/mol. The number of nitrogens with one attached hydrogen (secondary N) is 1. The van der Waals surface area contributed by atoms with Crippen molar-refractivity contribution in [3.05, 3.63) is 23.3 Å². The van der Waals surface area contributed by atoms with Crippen LogP contribution in [0.3, 0.4) is 0 Å². The van der Waals surface area contributed by atoms with Crippen molar-refractivity contribution in [2.24, 2.45) is 11.8 Å². The fraction of sp³-hybridized carbons (Fsp3) is 0.667. The van der Waals surface area contributed by atoms with Gasteiger partial charge >= 0.3 is 5.97 Å². The quantitative estimate of drug-likeness (QED) is 0.0954. The van der Waals surface area contributed by atoms with E-state index in [1.807, 2.05) is 12.2 Å². The van der Waals surface area contributed by atoms with E-state index in [0.717, 1.165) is 38.5 Å². The molecule has 0 spiro atoms. The van der Waals surface area contributed by atoms with Crippen LogP contribution in [0.25, 0.3) is 0 Å². The fourth-order valence-corrected chi connectivity index (χ4v) is 4.56. The number of rotatable bonds is 16. The van der Waals surface area contributed by atoms with Crippen LogP contribution in [0.5, 0.6) is 0 Å². The Morgan fingerprint density at radius 2 is 1.67 bits per heavy atom. The number of imide groups is 1. The molecular formula is C27H39NO8. The zero-order valence-corrected chi connectivity index (χ0v) is 21.3. The van der Waals surface area contributed by atoms with Gasteiger partial charge in [0.2, 0.25) is 18.1 Å². The zero-order valence-electron chi connectivity index (χ0n) is 21.3. The van der Waals surface area contributed by atoms with Crippen LogP contribution in [-0.2, 0) is 28.7 Å². The summed E-state index contributed by atoms with van der Waals surface area (Å²) in [6, 6.07) is 0. The third-order valence-corrected chi connectivity index (χ3v) is 6.69. The van der Waals surface area contributed by atoms with E-state index < -0.39 is 18.4 Å². The third-order valence-electron chi connectivity index (χ3n) is 6.69. The Morgan fingerprint density at radius 3 is 2.28 bits per heavy atom. The van der Waals surface area contributed by atoms with Crippen LogP contribution < -0.4 is 5.32 Å². The van der Waals surface area contributed by atoms with Gasteiger partial charge in [0.15, 0.2) is 5.78 Å².